The molecule has 0 radical (unpaired) electrons. The van der Waals surface area contributed by atoms with E-state index in [0.29, 0.717) is 12.3 Å². The van der Waals surface area contributed by atoms with Crippen molar-refractivity contribution in [2.75, 3.05) is 6.61 Å². The molecule has 0 amide bonds. The second kappa shape index (κ2) is 11.7. The zero-order valence-corrected chi connectivity index (χ0v) is 30.8. The van der Waals surface area contributed by atoms with Gasteiger partial charge in [0.1, 0.15) is 24.4 Å². The van der Waals surface area contributed by atoms with Crippen LogP contribution in [0.25, 0.3) is 0 Å². The lowest BCUT2D eigenvalue weighted by molar-refractivity contribution is -0.312. The Hall–Kier alpha value is -1.14. The number of fused-ring (bicyclic) bond motifs is 7. The van der Waals surface area contributed by atoms with E-state index in [2.05, 4.69) is 48.5 Å². The number of carbonyl (C=O) groups excluding carboxylic acids is 2. The standard InChI is InChI=1S/C38H62O10/c1-19-17-22(31(34(5,6)44)46-20(2)39)47-29-26(19)37(9)16-15-36(8)24(38(37,10)30(29)43)12-11-23-33(3,4)25(13-14-35(23,36)7)48-32-28(42)27(41)21(40)18-45-32/h19,21-29,31-32,40-42,44H,11-18H2,1-10H3/t19-,21+,22-,23+,24-,25+,26+,27+,28-,29+,31+,32+,35+,36-,37-,38-/m1/s1. The van der Waals surface area contributed by atoms with E-state index in [1.54, 1.807) is 13.8 Å². The van der Waals surface area contributed by atoms with Crippen LogP contribution in [0.4, 0.5) is 0 Å². The fourth-order valence-electron chi connectivity index (χ4n) is 13.0. The average Bonchev–Trinajstić information content (AvgIpc) is 3.16. The fourth-order valence-corrected chi connectivity index (χ4v) is 13.0. The number of Topliss-reactive ketones (excluding diaryl/α,β-unsaturated/α-hetero) is 1. The first-order chi connectivity index (χ1) is 22.1. The van der Waals surface area contributed by atoms with Crippen molar-refractivity contribution in [1.82, 2.24) is 0 Å². The summed E-state index contributed by atoms with van der Waals surface area (Å²) in [5.74, 6) is 0.325. The summed E-state index contributed by atoms with van der Waals surface area (Å²) in [7, 11) is 0. The van der Waals surface area contributed by atoms with Crippen molar-refractivity contribution in [2.45, 2.75) is 169 Å². The van der Waals surface area contributed by atoms with E-state index in [0.717, 1.165) is 38.5 Å². The second-order valence-corrected chi connectivity index (χ2v) is 18.8. The summed E-state index contributed by atoms with van der Waals surface area (Å²) in [6.45, 7) is 20.7. The highest BCUT2D eigenvalue weighted by Gasteiger charge is 2.77. The van der Waals surface area contributed by atoms with E-state index in [1.165, 1.54) is 6.92 Å². The molecule has 0 unspecified atom stereocenters. The molecule has 4 aliphatic carbocycles. The molecule has 6 aliphatic rings. The lowest BCUT2D eigenvalue weighted by atomic mass is 9.33. The molecule has 274 valence electrons. The monoisotopic (exact) mass is 678 g/mol. The average molecular weight is 679 g/mol. The summed E-state index contributed by atoms with van der Waals surface area (Å²) >= 11 is 0. The van der Waals surface area contributed by atoms with Crippen LogP contribution in [0.3, 0.4) is 0 Å². The molecule has 0 aromatic carbocycles. The minimum absolute atomic E-state index is 0.0393. The Bertz CT molecular complexity index is 1280. The van der Waals surface area contributed by atoms with Gasteiger partial charge in [0.25, 0.3) is 0 Å². The SMILES string of the molecule is CC(=O)O[C@@H]([C@H]1C[C@@H](C)[C@H]2[C@H](O1)C(=O)[C@@]1(C)[C@@H]3CC[C@H]4C(C)(C)[C@@H](O[C@@H]5OC[C@H](O)[C@H](O)[C@H]5O)CC[C@]4(C)[C@]3(C)CC[C@]21C)C(C)(C)O. The number of hydrogen-bond donors (Lipinski definition) is 4. The number of aliphatic hydroxyl groups is 4. The summed E-state index contributed by atoms with van der Waals surface area (Å²) in [5.41, 5.74) is -2.65. The maximum atomic E-state index is 15.0. The smallest absolute Gasteiger partial charge is 0.303 e. The van der Waals surface area contributed by atoms with E-state index in [4.69, 9.17) is 18.9 Å². The zero-order chi connectivity index (χ0) is 35.6. The molecule has 4 saturated carbocycles. The van der Waals surface area contributed by atoms with Gasteiger partial charge in [0, 0.05) is 18.3 Å². The van der Waals surface area contributed by atoms with Gasteiger partial charge in [-0.2, -0.15) is 0 Å². The summed E-state index contributed by atoms with van der Waals surface area (Å²) in [5, 5.41) is 41.9. The van der Waals surface area contributed by atoms with E-state index in [1.807, 2.05) is 0 Å². The van der Waals surface area contributed by atoms with Crippen LogP contribution in [-0.2, 0) is 28.5 Å². The van der Waals surface area contributed by atoms with Crippen molar-refractivity contribution >= 4 is 11.8 Å². The summed E-state index contributed by atoms with van der Waals surface area (Å²) in [4.78, 5) is 27.1. The zero-order valence-electron chi connectivity index (χ0n) is 30.8. The largest absolute Gasteiger partial charge is 0.457 e. The third-order valence-electron chi connectivity index (χ3n) is 15.7. The lowest BCUT2D eigenvalue weighted by Crippen LogP contribution is -2.67. The second-order valence-electron chi connectivity index (χ2n) is 18.8. The van der Waals surface area contributed by atoms with Gasteiger partial charge in [0.15, 0.2) is 18.2 Å². The molecule has 0 aromatic rings. The molecule has 2 heterocycles. The van der Waals surface area contributed by atoms with E-state index in [9.17, 15) is 25.2 Å². The van der Waals surface area contributed by atoms with Gasteiger partial charge in [-0.05, 0) is 98.2 Å². The molecule has 16 atom stereocenters. The van der Waals surface area contributed by atoms with Crippen LogP contribution in [0.5, 0.6) is 0 Å². The fraction of sp³-hybridized carbons (Fsp3) is 0.947. The van der Waals surface area contributed by atoms with Gasteiger partial charge in [-0.1, -0.05) is 48.5 Å². The molecule has 2 aliphatic heterocycles. The third kappa shape index (κ3) is 4.96. The minimum atomic E-state index is -1.33. The molecular weight excluding hydrogens is 616 g/mol. The van der Waals surface area contributed by atoms with Crippen molar-refractivity contribution in [3.05, 3.63) is 0 Å². The van der Waals surface area contributed by atoms with Gasteiger partial charge >= 0.3 is 5.97 Å². The van der Waals surface area contributed by atoms with Crippen LogP contribution < -0.4 is 0 Å². The number of ketones is 1. The molecule has 6 fully saturated rings. The maximum absolute atomic E-state index is 15.0. The van der Waals surface area contributed by atoms with E-state index >= 15 is 4.79 Å². The third-order valence-corrected chi connectivity index (χ3v) is 15.7. The van der Waals surface area contributed by atoms with Crippen LogP contribution >= 0.6 is 0 Å². The first kappa shape index (κ1) is 36.6. The molecule has 0 aromatic heterocycles. The molecule has 6 rings (SSSR count). The van der Waals surface area contributed by atoms with E-state index in [-0.39, 0.29) is 57.9 Å². The number of carbonyl (C=O) groups is 2. The summed E-state index contributed by atoms with van der Waals surface area (Å²) in [6, 6.07) is 0. The van der Waals surface area contributed by atoms with Crippen molar-refractivity contribution in [1.29, 1.82) is 0 Å². The van der Waals surface area contributed by atoms with Crippen molar-refractivity contribution in [3.8, 4) is 0 Å². The number of hydrogen-bond acceptors (Lipinski definition) is 10. The molecule has 4 N–H and O–H groups in total. The Morgan fingerprint density at radius 2 is 1.52 bits per heavy atom. The van der Waals surface area contributed by atoms with Crippen LogP contribution in [-0.4, -0.2) is 93.4 Å². The first-order valence-electron chi connectivity index (χ1n) is 18.5. The molecule has 10 nitrogen and oxygen atoms in total. The highest BCUT2D eigenvalue weighted by atomic mass is 16.7. The Morgan fingerprint density at radius 1 is 0.917 bits per heavy atom. The van der Waals surface area contributed by atoms with Gasteiger partial charge < -0.3 is 39.4 Å². The van der Waals surface area contributed by atoms with Crippen molar-refractivity contribution in [3.63, 3.8) is 0 Å². The molecular formula is C38H62O10. The first-order valence-corrected chi connectivity index (χ1v) is 18.5. The maximum Gasteiger partial charge on any atom is 0.303 e. The van der Waals surface area contributed by atoms with Crippen LogP contribution in [0.2, 0.25) is 0 Å². The normalized spacial score (nSPS) is 52.4. The molecule has 2 saturated heterocycles. The summed E-state index contributed by atoms with van der Waals surface area (Å²) in [6.07, 6.45) is -0.981. The number of esters is 1. The van der Waals surface area contributed by atoms with Crippen LogP contribution in [0.15, 0.2) is 0 Å². The number of rotatable bonds is 5. The Kier molecular flexibility index (Phi) is 8.92. The molecule has 0 bridgehead atoms. The van der Waals surface area contributed by atoms with Crippen molar-refractivity contribution in [2.24, 2.45) is 50.7 Å². The van der Waals surface area contributed by atoms with Crippen LogP contribution in [0, 0.1) is 50.7 Å². The van der Waals surface area contributed by atoms with Crippen molar-refractivity contribution < 1.29 is 49.0 Å². The molecule has 0 spiro atoms. The highest BCUT2D eigenvalue weighted by molar-refractivity contribution is 5.93. The van der Waals surface area contributed by atoms with E-state index < -0.39 is 59.9 Å². The van der Waals surface area contributed by atoms with Crippen LogP contribution in [0.1, 0.15) is 114 Å². The lowest BCUT2D eigenvalue weighted by Gasteiger charge is -2.71. The number of ether oxygens (including phenoxy) is 4. The predicted molar refractivity (Wildman–Crippen MR) is 176 cm³/mol. The molecule has 48 heavy (non-hydrogen) atoms. The highest BCUT2D eigenvalue weighted by Crippen LogP contribution is 2.78. The quantitative estimate of drug-likeness (QED) is 0.246. The van der Waals surface area contributed by atoms with Gasteiger partial charge in [-0.15, -0.1) is 0 Å². The van der Waals surface area contributed by atoms with Gasteiger partial charge in [-0.25, -0.2) is 0 Å². The van der Waals surface area contributed by atoms with Gasteiger partial charge in [0.05, 0.1) is 24.4 Å². The Labute approximate surface area is 286 Å². The predicted octanol–water partition coefficient (Wildman–Crippen LogP) is 4.17. The summed E-state index contributed by atoms with van der Waals surface area (Å²) < 4.78 is 24.5. The topological polar surface area (TPSA) is 152 Å². The Balaban J connectivity index is 1.28. The minimum Gasteiger partial charge on any atom is -0.457 e. The Morgan fingerprint density at radius 3 is 2.15 bits per heavy atom. The van der Waals surface area contributed by atoms with Gasteiger partial charge in [0.2, 0.25) is 0 Å². The number of aliphatic hydroxyl groups excluding tert-OH is 3. The van der Waals surface area contributed by atoms with Gasteiger partial charge in [-0.3, -0.25) is 9.59 Å². The molecule has 10 heteroatoms.